The van der Waals surface area contributed by atoms with E-state index in [9.17, 15) is 4.79 Å². The first-order valence-corrected chi connectivity index (χ1v) is 4.77. The molecule has 0 N–H and O–H groups in total. The minimum atomic E-state index is 0.277. The average Bonchev–Trinajstić information content (AvgIpc) is 2.05. The third kappa shape index (κ3) is 2.31. The van der Waals surface area contributed by atoms with E-state index in [0.29, 0.717) is 18.3 Å². The molecule has 0 radical (unpaired) electrons. The molecule has 0 bridgehead atoms. The van der Waals surface area contributed by atoms with Crippen LogP contribution in [0.3, 0.4) is 0 Å². The molecule has 2 nitrogen and oxygen atoms in total. The number of carbonyl (C=O) groups is 1. The maximum absolute atomic E-state index is 11.5. The van der Waals surface area contributed by atoms with Crippen molar-refractivity contribution in [1.82, 2.24) is 0 Å². The highest BCUT2D eigenvalue weighted by molar-refractivity contribution is 5.82. The Kier molecular flexibility index (Phi) is 3.73. The molecular weight excluding hydrogens is 152 g/mol. The number of hydrogen-bond donors (Lipinski definition) is 0. The Balaban J connectivity index is 2.42. The fourth-order valence-corrected chi connectivity index (χ4v) is 2.04. The third-order valence-corrected chi connectivity index (χ3v) is 2.81. The average molecular weight is 170 g/mol. The van der Waals surface area contributed by atoms with Crippen molar-refractivity contribution >= 4 is 5.78 Å². The van der Waals surface area contributed by atoms with Crippen LogP contribution in [0, 0.1) is 11.8 Å². The smallest absolute Gasteiger partial charge is 0.161 e. The molecule has 1 fully saturated rings. The topological polar surface area (TPSA) is 26.3 Å². The van der Waals surface area contributed by atoms with E-state index in [-0.39, 0.29) is 5.92 Å². The largest absolute Gasteiger partial charge is 0.377 e. The Hall–Kier alpha value is -0.370. The number of methoxy groups -OCH3 is 1. The maximum atomic E-state index is 11.5. The van der Waals surface area contributed by atoms with Gasteiger partial charge in [-0.25, -0.2) is 0 Å². The molecule has 12 heavy (non-hydrogen) atoms. The molecule has 0 saturated heterocycles. The van der Waals surface area contributed by atoms with Crippen molar-refractivity contribution < 1.29 is 9.53 Å². The first-order valence-electron chi connectivity index (χ1n) is 4.77. The number of Topliss-reactive ketones (excluding diaryl/α,β-unsaturated/α-hetero) is 1. The van der Waals surface area contributed by atoms with Crippen molar-refractivity contribution in [2.45, 2.75) is 32.6 Å². The van der Waals surface area contributed by atoms with Gasteiger partial charge in [0.1, 0.15) is 6.61 Å². The van der Waals surface area contributed by atoms with Crippen LogP contribution in [-0.2, 0) is 9.53 Å². The van der Waals surface area contributed by atoms with Crippen LogP contribution in [-0.4, -0.2) is 19.5 Å². The third-order valence-electron chi connectivity index (χ3n) is 2.81. The SMILES string of the molecule is COCC(=O)[C@H]1CCCC[C@@H]1C. The number of hydrogen-bond acceptors (Lipinski definition) is 2. The second kappa shape index (κ2) is 4.61. The lowest BCUT2D eigenvalue weighted by molar-refractivity contribution is -0.129. The van der Waals surface area contributed by atoms with Crippen molar-refractivity contribution in [2.24, 2.45) is 11.8 Å². The zero-order valence-electron chi connectivity index (χ0n) is 8.01. The van der Waals surface area contributed by atoms with Crippen LogP contribution < -0.4 is 0 Å². The van der Waals surface area contributed by atoms with Crippen molar-refractivity contribution in [3.05, 3.63) is 0 Å². The summed E-state index contributed by atoms with van der Waals surface area (Å²) in [5.74, 6) is 1.14. The van der Waals surface area contributed by atoms with Gasteiger partial charge in [0.2, 0.25) is 0 Å². The summed E-state index contributed by atoms with van der Waals surface area (Å²) in [6, 6.07) is 0. The Morgan fingerprint density at radius 2 is 2.08 bits per heavy atom. The van der Waals surface area contributed by atoms with Crippen LogP contribution in [0.15, 0.2) is 0 Å². The Labute approximate surface area is 74.3 Å². The number of carbonyl (C=O) groups excluding carboxylic acids is 1. The highest BCUT2D eigenvalue weighted by atomic mass is 16.5. The molecule has 0 spiro atoms. The predicted octanol–water partition coefficient (Wildman–Crippen LogP) is 2.03. The molecule has 1 saturated carbocycles. The molecule has 0 unspecified atom stereocenters. The standard InChI is InChI=1S/C10H18O2/c1-8-5-3-4-6-9(8)10(11)7-12-2/h8-9H,3-7H2,1-2H3/t8-,9-/m0/s1. The minimum Gasteiger partial charge on any atom is -0.377 e. The Bertz CT molecular complexity index is 154. The normalized spacial score (nSPS) is 30.2. The number of ketones is 1. The van der Waals surface area contributed by atoms with Crippen LogP contribution in [0.4, 0.5) is 0 Å². The summed E-state index contributed by atoms with van der Waals surface area (Å²) >= 11 is 0. The van der Waals surface area contributed by atoms with Crippen LogP contribution in [0.1, 0.15) is 32.6 Å². The van der Waals surface area contributed by atoms with Crippen molar-refractivity contribution in [3.63, 3.8) is 0 Å². The zero-order chi connectivity index (χ0) is 8.97. The number of ether oxygens (including phenoxy) is 1. The first kappa shape index (κ1) is 9.72. The van der Waals surface area contributed by atoms with Gasteiger partial charge in [0, 0.05) is 13.0 Å². The predicted molar refractivity (Wildman–Crippen MR) is 48.0 cm³/mol. The summed E-state index contributed by atoms with van der Waals surface area (Å²) in [6.45, 7) is 2.48. The summed E-state index contributed by atoms with van der Waals surface area (Å²) in [4.78, 5) is 11.5. The van der Waals surface area contributed by atoms with Crippen LogP contribution >= 0.6 is 0 Å². The molecule has 1 rings (SSSR count). The Morgan fingerprint density at radius 1 is 1.42 bits per heavy atom. The molecule has 1 aliphatic rings. The molecular formula is C10H18O2. The maximum Gasteiger partial charge on any atom is 0.161 e. The quantitative estimate of drug-likeness (QED) is 0.647. The fourth-order valence-electron chi connectivity index (χ4n) is 2.04. The summed E-state index contributed by atoms with van der Waals surface area (Å²) in [7, 11) is 1.59. The molecule has 0 heterocycles. The van der Waals surface area contributed by atoms with Crippen molar-refractivity contribution in [2.75, 3.05) is 13.7 Å². The van der Waals surface area contributed by atoms with E-state index in [1.807, 2.05) is 0 Å². The van der Waals surface area contributed by atoms with E-state index in [1.165, 1.54) is 19.3 Å². The first-order chi connectivity index (χ1) is 5.75. The van der Waals surface area contributed by atoms with E-state index in [4.69, 9.17) is 4.74 Å². The van der Waals surface area contributed by atoms with Crippen molar-refractivity contribution in [1.29, 1.82) is 0 Å². The van der Waals surface area contributed by atoms with E-state index >= 15 is 0 Å². The van der Waals surface area contributed by atoms with Gasteiger partial charge in [-0.3, -0.25) is 4.79 Å². The van der Waals surface area contributed by atoms with E-state index in [2.05, 4.69) is 6.92 Å². The fraction of sp³-hybridized carbons (Fsp3) is 0.900. The van der Waals surface area contributed by atoms with Gasteiger partial charge in [0.25, 0.3) is 0 Å². The molecule has 2 atom stereocenters. The molecule has 0 aromatic rings. The highest BCUT2D eigenvalue weighted by Crippen LogP contribution is 2.29. The molecule has 2 heteroatoms. The van der Waals surface area contributed by atoms with Gasteiger partial charge < -0.3 is 4.74 Å². The number of rotatable bonds is 3. The van der Waals surface area contributed by atoms with Gasteiger partial charge in [-0.1, -0.05) is 26.2 Å². The van der Waals surface area contributed by atoms with Crippen LogP contribution in [0.5, 0.6) is 0 Å². The van der Waals surface area contributed by atoms with E-state index in [1.54, 1.807) is 7.11 Å². The molecule has 70 valence electrons. The van der Waals surface area contributed by atoms with Crippen LogP contribution in [0.2, 0.25) is 0 Å². The Morgan fingerprint density at radius 3 is 2.67 bits per heavy atom. The summed E-state index contributed by atoms with van der Waals surface area (Å²) in [5.41, 5.74) is 0. The molecule has 0 aromatic heterocycles. The van der Waals surface area contributed by atoms with Crippen molar-refractivity contribution in [3.8, 4) is 0 Å². The van der Waals surface area contributed by atoms with Gasteiger partial charge in [-0.15, -0.1) is 0 Å². The van der Waals surface area contributed by atoms with Gasteiger partial charge in [0.15, 0.2) is 5.78 Å². The molecule has 0 aliphatic heterocycles. The van der Waals surface area contributed by atoms with Gasteiger partial charge in [0.05, 0.1) is 0 Å². The highest BCUT2D eigenvalue weighted by Gasteiger charge is 2.26. The van der Waals surface area contributed by atoms with Gasteiger partial charge >= 0.3 is 0 Å². The molecule has 1 aliphatic carbocycles. The lowest BCUT2D eigenvalue weighted by atomic mass is 9.78. The van der Waals surface area contributed by atoms with E-state index in [0.717, 1.165) is 6.42 Å². The summed E-state index contributed by atoms with van der Waals surface area (Å²) in [5, 5.41) is 0. The second-order valence-electron chi connectivity index (χ2n) is 3.77. The monoisotopic (exact) mass is 170 g/mol. The molecule has 0 amide bonds. The van der Waals surface area contributed by atoms with E-state index < -0.39 is 0 Å². The zero-order valence-corrected chi connectivity index (χ0v) is 8.01. The summed E-state index contributed by atoms with van der Waals surface area (Å²) in [6.07, 6.45) is 4.78. The van der Waals surface area contributed by atoms with Crippen LogP contribution in [0.25, 0.3) is 0 Å². The lowest BCUT2D eigenvalue weighted by Gasteiger charge is -2.27. The minimum absolute atomic E-state index is 0.277. The summed E-state index contributed by atoms with van der Waals surface area (Å²) < 4.78 is 4.86. The lowest BCUT2D eigenvalue weighted by Crippen LogP contribution is -2.27. The van der Waals surface area contributed by atoms with Gasteiger partial charge in [-0.05, 0) is 12.3 Å². The van der Waals surface area contributed by atoms with Gasteiger partial charge in [-0.2, -0.15) is 0 Å². The second-order valence-corrected chi connectivity index (χ2v) is 3.77. The molecule has 0 aromatic carbocycles.